The zero-order valence-electron chi connectivity index (χ0n) is 18.5. The van der Waals surface area contributed by atoms with E-state index < -0.39 is 10.3 Å². The van der Waals surface area contributed by atoms with Crippen molar-refractivity contribution in [3.05, 3.63) is 46.4 Å². The fraction of sp³-hybridized carbons (Fsp3) is 0.591. The van der Waals surface area contributed by atoms with Gasteiger partial charge in [0.05, 0.1) is 17.6 Å². The van der Waals surface area contributed by atoms with Crippen LogP contribution < -0.4 is 15.2 Å². The van der Waals surface area contributed by atoms with Crippen molar-refractivity contribution in [3.8, 4) is 5.75 Å². The van der Waals surface area contributed by atoms with Gasteiger partial charge in [0.1, 0.15) is 5.75 Å². The molecule has 0 unspecified atom stereocenters. The predicted octanol–water partition coefficient (Wildman–Crippen LogP) is 3.44. The van der Waals surface area contributed by atoms with E-state index in [2.05, 4.69) is 28.0 Å². The molecule has 1 spiro atoms. The Kier molecular flexibility index (Phi) is 8.65. The summed E-state index contributed by atoms with van der Waals surface area (Å²) in [6.45, 7) is 2.70. The molecule has 1 saturated heterocycles. The normalized spacial score (nSPS) is 22.3. The van der Waals surface area contributed by atoms with Gasteiger partial charge in [0.25, 0.3) is 0 Å². The van der Waals surface area contributed by atoms with Gasteiger partial charge in [-0.25, -0.2) is 5.14 Å². The first kappa shape index (κ1) is 25.1. The Balaban J connectivity index is 0.000000523. The topological polar surface area (TPSA) is 124 Å². The maximum Gasteiger partial charge on any atom is 0.330 e. The molecule has 178 valence electrons. The van der Waals surface area contributed by atoms with E-state index in [-0.39, 0.29) is 11.0 Å². The molecule has 2 aromatic rings. The Morgan fingerprint density at radius 2 is 2.03 bits per heavy atom. The Hall–Kier alpha value is -1.56. The molecular formula is C22H33N3O5S2. The highest BCUT2D eigenvalue weighted by Crippen LogP contribution is 2.49. The molecule has 32 heavy (non-hydrogen) atoms. The lowest BCUT2D eigenvalue weighted by atomic mass is 9.68. The van der Waals surface area contributed by atoms with Gasteiger partial charge in [-0.3, -0.25) is 9.54 Å². The molecule has 3 heterocycles. The molecule has 0 radical (unpaired) electrons. The number of ether oxygens (including phenoxy) is 2. The third-order valence-electron chi connectivity index (χ3n) is 6.36. The molecule has 10 heteroatoms. The number of nitrogens with two attached hydrogens (primary N) is 1. The summed E-state index contributed by atoms with van der Waals surface area (Å²) in [6, 6.07) is 8.41. The molecule has 1 saturated carbocycles. The Bertz CT molecular complexity index is 937. The number of hydrogen-bond acceptors (Lipinski definition) is 7. The van der Waals surface area contributed by atoms with Crippen molar-refractivity contribution in [2.24, 2.45) is 5.14 Å². The minimum Gasteiger partial charge on any atom is -0.496 e. The van der Waals surface area contributed by atoms with E-state index in [1.54, 1.807) is 18.4 Å². The lowest BCUT2D eigenvalue weighted by Gasteiger charge is -2.46. The minimum absolute atomic E-state index is 0.0900. The molecule has 1 aliphatic heterocycles. The Labute approximate surface area is 194 Å². The van der Waals surface area contributed by atoms with Crippen LogP contribution in [0.15, 0.2) is 35.8 Å². The summed E-state index contributed by atoms with van der Waals surface area (Å²) in [5.41, 5.74) is 1.46. The van der Waals surface area contributed by atoms with Gasteiger partial charge in [-0.2, -0.15) is 8.42 Å². The standard InChI is InChI=1S/C22H30N2O2S.H3NO3S/c1-25-18-7-15-27-19(18)16-23-13-10-21(20-6-2-5-12-24-20)11-14-26-22(17-21)8-3-4-9-22;1-5(2,3)4/h2,5-7,12,15,23H,3-4,8-11,13-14,16-17H2,1H3;(H3,1,2,3,4)/t21-;/m1./s1. The van der Waals surface area contributed by atoms with E-state index in [9.17, 15) is 0 Å². The number of nitrogens with zero attached hydrogens (tertiary/aromatic N) is 1. The van der Waals surface area contributed by atoms with Crippen LogP contribution in [0.4, 0.5) is 0 Å². The fourth-order valence-electron chi connectivity index (χ4n) is 4.97. The lowest BCUT2D eigenvalue weighted by molar-refractivity contribution is -0.104. The van der Waals surface area contributed by atoms with Gasteiger partial charge >= 0.3 is 10.3 Å². The second kappa shape index (κ2) is 11.0. The minimum atomic E-state index is -4.17. The van der Waals surface area contributed by atoms with Crippen LogP contribution in [0.1, 0.15) is 55.5 Å². The number of methoxy groups -OCH3 is 1. The van der Waals surface area contributed by atoms with Gasteiger partial charge in [-0.15, -0.1) is 11.3 Å². The molecule has 0 aromatic carbocycles. The maximum absolute atomic E-state index is 8.97. The van der Waals surface area contributed by atoms with Crippen molar-refractivity contribution in [1.82, 2.24) is 10.3 Å². The van der Waals surface area contributed by atoms with Crippen LogP contribution in [-0.2, 0) is 27.0 Å². The van der Waals surface area contributed by atoms with Gasteiger partial charge in [-0.1, -0.05) is 18.9 Å². The van der Waals surface area contributed by atoms with E-state index >= 15 is 0 Å². The second-order valence-electron chi connectivity index (χ2n) is 8.51. The summed E-state index contributed by atoms with van der Waals surface area (Å²) < 4.78 is 37.0. The van der Waals surface area contributed by atoms with Crippen molar-refractivity contribution in [2.75, 3.05) is 20.3 Å². The van der Waals surface area contributed by atoms with Crippen molar-refractivity contribution in [1.29, 1.82) is 0 Å². The van der Waals surface area contributed by atoms with E-state index in [0.717, 1.165) is 44.7 Å². The first-order valence-corrected chi connectivity index (χ1v) is 13.3. The monoisotopic (exact) mass is 483 g/mol. The number of hydrogen-bond donors (Lipinski definition) is 3. The quantitative estimate of drug-likeness (QED) is 0.407. The van der Waals surface area contributed by atoms with Crippen LogP contribution in [-0.4, -0.2) is 43.8 Å². The largest absolute Gasteiger partial charge is 0.496 e. The van der Waals surface area contributed by atoms with Gasteiger partial charge in [0, 0.05) is 30.5 Å². The van der Waals surface area contributed by atoms with E-state index in [4.69, 9.17) is 27.4 Å². The summed E-state index contributed by atoms with van der Waals surface area (Å²) in [7, 11) is -2.43. The summed E-state index contributed by atoms with van der Waals surface area (Å²) in [4.78, 5) is 6.05. The highest BCUT2D eigenvalue weighted by atomic mass is 32.2. The zero-order valence-corrected chi connectivity index (χ0v) is 20.1. The SMILES string of the molecule is COc1ccsc1CNCC[C@@]1(c2ccccn2)CCOC2(CCCC2)C1.NS(=O)(=O)O. The van der Waals surface area contributed by atoms with Gasteiger partial charge in [-0.05, 0) is 62.2 Å². The predicted molar refractivity (Wildman–Crippen MR) is 125 cm³/mol. The lowest BCUT2D eigenvalue weighted by Crippen LogP contribution is -2.47. The van der Waals surface area contributed by atoms with Gasteiger partial charge in [0.15, 0.2) is 0 Å². The van der Waals surface area contributed by atoms with Crippen LogP contribution in [0.2, 0.25) is 0 Å². The molecule has 2 fully saturated rings. The molecule has 0 amide bonds. The molecular weight excluding hydrogens is 450 g/mol. The third-order valence-corrected chi connectivity index (χ3v) is 7.26. The van der Waals surface area contributed by atoms with Crippen LogP contribution >= 0.6 is 11.3 Å². The van der Waals surface area contributed by atoms with Gasteiger partial charge in [0.2, 0.25) is 0 Å². The van der Waals surface area contributed by atoms with Crippen molar-refractivity contribution >= 4 is 21.6 Å². The van der Waals surface area contributed by atoms with Crippen LogP contribution in [0.5, 0.6) is 5.75 Å². The van der Waals surface area contributed by atoms with E-state index in [0.29, 0.717) is 0 Å². The third kappa shape index (κ3) is 6.97. The number of aromatic nitrogens is 1. The fourth-order valence-corrected chi connectivity index (χ4v) is 5.77. The average Bonchev–Trinajstić information content (AvgIpc) is 3.40. The molecule has 0 bridgehead atoms. The average molecular weight is 484 g/mol. The molecule has 1 atom stereocenters. The maximum atomic E-state index is 8.97. The summed E-state index contributed by atoms with van der Waals surface area (Å²) >= 11 is 1.75. The van der Waals surface area contributed by atoms with Crippen LogP contribution in [0.3, 0.4) is 0 Å². The van der Waals surface area contributed by atoms with Gasteiger partial charge < -0.3 is 14.8 Å². The molecule has 4 N–H and O–H groups in total. The molecule has 2 aliphatic rings. The summed E-state index contributed by atoms with van der Waals surface area (Å²) in [6.07, 6.45) is 10.2. The number of pyridine rings is 1. The molecule has 1 aliphatic carbocycles. The number of nitrogens with one attached hydrogen (secondary N) is 1. The molecule has 8 nitrogen and oxygen atoms in total. The Morgan fingerprint density at radius 3 is 2.69 bits per heavy atom. The molecule has 4 rings (SSSR count). The number of rotatable bonds is 7. The van der Waals surface area contributed by atoms with Crippen LogP contribution in [0.25, 0.3) is 0 Å². The van der Waals surface area contributed by atoms with E-state index in [1.165, 1.54) is 36.3 Å². The highest BCUT2D eigenvalue weighted by molar-refractivity contribution is 7.83. The Morgan fingerprint density at radius 1 is 1.28 bits per heavy atom. The second-order valence-corrected chi connectivity index (χ2v) is 10.5. The summed E-state index contributed by atoms with van der Waals surface area (Å²) in [5, 5.41) is 9.62. The smallest absolute Gasteiger partial charge is 0.330 e. The highest BCUT2D eigenvalue weighted by Gasteiger charge is 2.48. The van der Waals surface area contributed by atoms with Crippen molar-refractivity contribution < 1.29 is 22.4 Å². The first-order chi connectivity index (χ1) is 15.3. The number of thiophene rings is 1. The summed E-state index contributed by atoms with van der Waals surface area (Å²) in [5.74, 6) is 0.989. The zero-order chi connectivity index (χ0) is 23.1. The van der Waals surface area contributed by atoms with Crippen molar-refractivity contribution in [2.45, 2.75) is 62.5 Å². The van der Waals surface area contributed by atoms with E-state index in [1.807, 2.05) is 18.3 Å². The molecule has 2 aromatic heterocycles. The first-order valence-electron chi connectivity index (χ1n) is 10.9. The van der Waals surface area contributed by atoms with Crippen molar-refractivity contribution in [3.63, 3.8) is 0 Å². The van der Waals surface area contributed by atoms with Crippen LogP contribution in [0, 0.1) is 0 Å².